The average molecular weight is 1000 g/mol. The van der Waals surface area contributed by atoms with E-state index in [-0.39, 0.29) is 18.5 Å². The van der Waals surface area contributed by atoms with Crippen LogP contribution in [0.2, 0.25) is 0 Å². The zero-order valence-corrected chi connectivity index (χ0v) is 48.0. The van der Waals surface area contributed by atoms with E-state index in [2.05, 4.69) is 43.5 Å². The Kier molecular flexibility index (Phi) is 59.5. The molecular formula is C65H125NO5. The lowest BCUT2D eigenvalue weighted by molar-refractivity contribution is -0.143. The summed E-state index contributed by atoms with van der Waals surface area (Å²) in [7, 11) is 0. The van der Waals surface area contributed by atoms with Gasteiger partial charge in [0.05, 0.1) is 25.4 Å². The van der Waals surface area contributed by atoms with Crippen molar-refractivity contribution in [1.82, 2.24) is 5.32 Å². The minimum absolute atomic E-state index is 0.0211. The Labute approximate surface area is 443 Å². The molecule has 2 unspecified atom stereocenters. The molecule has 0 rings (SSSR count). The van der Waals surface area contributed by atoms with Crippen LogP contribution in [0.4, 0.5) is 0 Å². The van der Waals surface area contributed by atoms with Crippen molar-refractivity contribution in [2.45, 2.75) is 366 Å². The third-order valence-electron chi connectivity index (χ3n) is 15.0. The van der Waals surface area contributed by atoms with Gasteiger partial charge in [-0.05, 0) is 57.8 Å². The summed E-state index contributed by atoms with van der Waals surface area (Å²) in [6.07, 6.45) is 74.7. The molecule has 0 saturated heterocycles. The van der Waals surface area contributed by atoms with Gasteiger partial charge in [0.15, 0.2) is 0 Å². The molecule has 420 valence electrons. The number of ether oxygens (including phenoxy) is 1. The van der Waals surface area contributed by atoms with Gasteiger partial charge in [0.25, 0.3) is 0 Å². The molecule has 0 bridgehead atoms. The van der Waals surface area contributed by atoms with Gasteiger partial charge in [0.1, 0.15) is 0 Å². The number of rotatable bonds is 60. The second-order valence-corrected chi connectivity index (χ2v) is 22.1. The summed E-state index contributed by atoms with van der Waals surface area (Å²) in [6, 6.07) is -0.560. The van der Waals surface area contributed by atoms with Crippen molar-refractivity contribution in [2.75, 3.05) is 13.2 Å². The third kappa shape index (κ3) is 57.5. The zero-order chi connectivity index (χ0) is 51.4. The molecule has 0 heterocycles. The second-order valence-electron chi connectivity index (χ2n) is 22.1. The van der Waals surface area contributed by atoms with E-state index in [0.717, 1.165) is 64.2 Å². The highest BCUT2D eigenvalue weighted by Crippen LogP contribution is 2.18. The number of aliphatic hydroxyl groups excluding tert-OH is 2. The summed E-state index contributed by atoms with van der Waals surface area (Å²) in [6.45, 7) is 4.91. The van der Waals surface area contributed by atoms with Crippen LogP contribution < -0.4 is 5.32 Å². The van der Waals surface area contributed by atoms with Crippen LogP contribution in [0.3, 0.4) is 0 Å². The van der Waals surface area contributed by atoms with Gasteiger partial charge < -0.3 is 20.3 Å². The van der Waals surface area contributed by atoms with E-state index >= 15 is 0 Å². The van der Waals surface area contributed by atoms with Crippen LogP contribution in [0.15, 0.2) is 24.3 Å². The number of carbonyl (C=O) groups excluding carboxylic acids is 2. The highest BCUT2D eigenvalue weighted by Gasteiger charge is 2.20. The van der Waals surface area contributed by atoms with E-state index in [4.69, 9.17) is 4.74 Å². The van der Waals surface area contributed by atoms with E-state index in [1.807, 2.05) is 0 Å². The molecule has 1 amide bonds. The Bertz CT molecular complexity index is 1110. The normalized spacial score (nSPS) is 12.7. The first kappa shape index (κ1) is 69.3. The molecular weight excluding hydrogens is 875 g/mol. The molecule has 6 heteroatoms. The molecule has 0 spiro atoms. The molecule has 0 aliphatic heterocycles. The number of amides is 1. The number of allylic oxidation sites excluding steroid dienone is 4. The summed E-state index contributed by atoms with van der Waals surface area (Å²) in [5.41, 5.74) is 0. The standard InChI is InChI=1S/C65H125NO5/c1-3-5-7-9-11-13-15-17-19-21-23-24-25-26-27-28-30-31-33-35-37-41-45-49-53-57-63(68)62(61-67)66-64(69)58-54-50-46-42-39-40-44-48-52-56-60-71-65(70)59-55-51-47-43-38-36-34-32-29-22-20-18-16-14-12-10-8-6-4-2/h12,14,18,20,62-63,67-68H,3-11,13,15-17,19,21-61H2,1-2H3,(H,66,69)/b14-12-,20-18-. The topological polar surface area (TPSA) is 95.9 Å². The Hall–Kier alpha value is -1.66. The van der Waals surface area contributed by atoms with Crippen LogP contribution >= 0.6 is 0 Å². The van der Waals surface area contributed by atoms with Gasteiger partial charge in [-0.3, -0.25) is 9.59 Å². The lowest BCUT2D eigenvalue weighted by atomic mass is 10.0. The minimum Gasteiger partial charge on any atom is -0.466 e. The summed E-state index contributed by atoms with van der Waals surface area (Å²) < 4.78 is 5.48. The summed E-state index contributed by atoms with van der Waals surface area (Å²) >= 11 is 0. The number of aliphatic hydroxyl groups is 2. The number of hydrogen-bond acceptors (Lipinski definition) is 5. The highest BCUT2D eigenvalue weighted by atomic mass is 16.5. The first-order chi connectivity index (χ1) is 35.0. The molecule has 0 radical (unpaired) electrons. The predicted octanol–water partition coefficient (Wildman–Crippen LogP) is 20.2. The molecule has 71 heavy (non-hydrogen) atoms. The first-order valence-electron chi connectivity index (χ1n) is 32.1. The van der Waals surface area contributed by atoms with Gasteiger partial charge in [0, 0.05) is 12.8 Å². The average Bonchev–Trinajstić information content (AvgIpc) is 3.37. The van der Waals surface area contributed by atoms with Crippen LogP contribution in [-0.2, 0) is 14.3 Å². The fourth-order valence-corrected chi connectivity index (χ4v) is 10.1. The smallest absolute Gasteiger partial charge is 0.305 e. The Morgan fingerprint density at radius 1 is 0.394 bits per heavy atom. The maximum atomic E-state index is 12.5. The van der Waals surface area contributed by atoms with Crippen LogP contribution in [0.5, 0.6) is 0 Å². The van der Waals surface area contributed by atoms with Crippen LogP contribution in [0.1, 0.15) is 354 Å². The Balaban J connectivity index is 3.44. The van der Waals surface area contributed by atoms with E-state index in [0.29, 0.717) is 25.9 Å². The first-order valence-corrected chi connectivity index (χ1v) is 32.1. The highest BCUT2D eigenvalue weighted by molar-refractivity contribution is 5.76. The molecule has 0 aromatic carbocycles. The van der Waals surface area contributed by atoms with Crippen LogP contribution in [0, 0.1) is 0 Å². The van der Waals surface area contributed by atoms with Crippen molar-refractivity contribution in [3.05, 3.63) is 24.3 Å². The van der Waals surface area contributed by atoms with Gasteiger partial charge in [-0.15, -0.1) is 0 Å². The molecule has 0 saturated carbocycles. The Morgan fingerprint density at radius 3 is 1.10 bits per heavy atom. The molecule has 2 atom stereocenters. The van der Waals surface area contributed by atoms with Crippen molar-refractivity contribution in [3.63, 3.8) is 0 Å². The van der Waals surface area contributed by atoms with Gasteiger partial charge >= 0.3 is 5.97 Å². The summed E-state index contributed by atoms with van der Waals surface area (Å²) in [4.78, 5) is 24.6. The summed E-state index contributed by atoms with van der Waals surface area (Å²) in [5, 5.41) is 23.4. The van der Waals surface area contributed by atoms with Gasteiger partial charge in [0.2, 0.25) is 5.91 Å². The van der Waals surface area contributed by atoms with Gasteiger partial charge in [-0.2, -0.15) is 0 Å². The predicted molar refractivity (Wildman–Crippen MR) is 310 cm³/mol. The molecule has 3 N–H and O–H groups in total. The van der Waals surface area contributed by atoms with Crippen molar-refractivity contribution in [3.8, 4) is 0 Å². The monoisotopic (exact) mass is 1000 g/mol. The fourth-order valence-electron chi connectivity index (χ4n) is 10.1. The molecule has 0 fully saturated rings. The maximum Gasteiger partial charge on any atom is 0.305 e. The zero-order valence-electron chi connectivity index (χ0n) is 48.0. The lowest BCUT2D eigenvalue weighted by Crippen LogP contribution is -2.45. The largest absolute Gasteiger partial charge is 0.466 e. The van der Waals surface area contributed by atoms with E-state index in [1.165, 1.54) is 257 Å². The number of hydrogen-bond donors (Lipinski definition) is 3. The van der Waals surface area contributed by atoms with E-state index in [1.54, 1.807) is 0 Å². The van der Waals surface area contributed by atoms with Gasteiger partial charge in [-0.1, -0.05) is 308 Å². The fraction of sp³-hybridized carbons (Fsp3) is 0.908. The third-order valence-corrected chi connectivity index (χ3v) is 15.0. The molecule has 0 aliphatic carbocycles. The molecule has 0 aromatic rings. The molecule has 0 aromatic heterocycles. The van der Waals surface area contributed by atoms with Crippen molar-refractivity contribution < 1.29 is 24.5 Å². The molecule has 0 aliphatic rings. The Morgan fingerprint density at radius 2 is 0.704 bits per heavy atom. The maximum absolute atomic E-state index is 12.5. The quantitative estimate of drug-likeness (QED) is 0.0320. The van der Waals surface area contributed by atoms with E-state index < -0.39 is 12.1 Å². The van der Waals surface area contributed by atoms with Crippen LogP contribution in [-0.4, -0.2) is 47.4 Å². The number of carbonyl (C=O) groups is 2. The van der Waals surface area contributed by atoms with Crippen molar-refractivity contribution in [2.24, 2.45) is 0 Å². The second kappa shape index (κ2) is 60.9. The van der Waals surface area contributed by atoms with Gasteiger partial charge in [-0.25, -0.2) is 0 Å². The minimum atomic E-state index is -0.681. The molecule has 6 nitrogen and oxygen atoms in total. The van der Waals surface area contributed by atoms with E-state index in [9.17, 15) is 19.8 Å². The summed E-state index contributed by atoms with van der Waals surface area (Å²) in [5.74, 6) is -0.0751. The number of nitrogens with one attached hydrogen (secondary N) is 1. The SMILES string of the molecule is CCCCC/C=C\C/C=C\CCCCCCCCCCCC(=O)OCCCCCCCCCCCCC(=O)NC(CO)C(O)CCCCCCCCCCCCCCCCCCCCCCCCCCC. The number of esters is 1. The number of unbranched alkanes of at least 4 members (excludes halogenated alkanes) is 45. The van der Waals surface area contributed by atoms with Crippen molar-refractivity contribution in [1.29, 1.82) is 0 Å². The van der Waals surface area contributed by atoms with Crippen molar-refractivity contribution >= 4 is 11.9 Å². The lowest BCUT2D eigenvalue weighted by Gasteiger charge is -2.22. The van der Waals surface area contributed by atoms with Crippen LogP contribution in [0.25, 0.3) is 0 Å².